The first-order valence-electron chi connectivity index (χ1n) is 10.0. The van der Waals surface area contributed by atoms with Crippen molar-refractivity contribution in [3.63, 3.8) is 0 Å². The molecule has 12 heteroatoms. The number of nitrogens with zero attached hydrogens (tertiary/aromatic N) is 5. The molecule has 0 bridgehead atoms. The third-order valence-electron chi connectivity index (χ3n) is 5.15. The maximum atomic E-state index is 13.2. The minimum atomic E-state index is -4.43. The van der Waals surface area contributed by atoms with E-state index in [0.29, 0.717) is 11.5 Å². The molecule has 3 amide bonds. The van der Waals surface area contributed by atoms with Crippen molar-refractivity contribution in [3.8, 4) is 0 Å². The number of amides is 3. The van der Waals surface area contributed by atoms with E-state index in [2.05, 4.69) is 20.3 Å². The molecule has 1 aliphatic rings. The molecule has 3 heterocycles. The summed E-state index contributed by atoms with van der Waals surface area (Å²) in [5, 5.41) is 3.07. The Labute approximate surface area is 197 Å². The lowest BCUT2D eigenvalue weighted by Gasteiger charge is -2.27. The number of alkyl halides is 3. The third kappa shape index (κ3) is 4.96. The molecule has 0 saturated carbocycles. The molecule has 0 spiro atoms. The van der Waals surface area contributed by atoms with E-state index in [-0.39, 0.29) is 28.9 Å². The first-order valence-corrected chi connectivity index (χ1v) is 10.9. The van der Waals surface area contributed by atoms with E-state index in [1.54, 1.807) is 44.6 Å². The Hall–Kier alpha value is -3.67. The van der Waals surface area contributed by atoms with E-state index in [0.717, 1.165) is 10.5 Å². The molecule has 0 radical (unpaired) electrons. The van der Waals surface area contributed by atoms with Gasteiger partial charge in [0, 0.05) is 17.6 Å². The summed E-state index contributed by atoms with van der Waals surface area (Å²) in [5.74, 6) is 0.0419. The van der Waals surface area contributed by atoms with Crippen LogP contribution < -0.4 is 10.2 Å². The van der Waals surface area contributed by atoms with Crippen LogP contribution in [0.2, 0.25) is 0 Å². The number of pyridine rings is 1. The van der Waals surface area contributed by atoms with Gasteiger partial charge < -0.3 is 10.2 Å². The van der Waals surface area contributed by atoms with Gasteiger partial charge in [0.05, 0.1) is 23.8 Å². The normalized spacial score (nSPS) is 15.7. The Morgan fingerprint density at radius 2 is 1.74 bits per heavy atom. The van der Waals surface area contributed by atoms with E-state index < -0.39 is 23.0 Å². The van der Waals surface area contributed by atoms with Gasteiger partial charge in [-0.3, -0.25) is 4.79 Å². The molecule has 4 rings (SSSR count). The summed E-state index contributed by atoms with van der Waals surface area (Å²) >= 11 is -0.261. The molecule has 0 unspecified atom stereocenters. The summed E-state index contributed by atoms with van der Waals surface area (Å²) in [6.07, 6.45) is 6.15. The summed E-state index contributed by atoms with van der Waals surface area (Å²) in [6, 6.07) is 8.04. The number of rotatable bonds is 6. The number of carbonyl (C=O) groups excluding carboxylic acids is 2. The number of hydrogen-bond acceptors (Lipinski definition) is 7. The maximum absolute atomic E-state index is 13.2. The van der Waals surface area contributed by atoms with E-state index in [9.17, 15) is 22.8 Å². The topological polar surface area (TPSA) is 91.3 Å². The molecule has 1 aliphatic heterocycles. The predicted octanol–water partition coefficient (Wildman–Crippen LogP) is 4.97. The molecule has 3 aromatic rings. The molecule has 8 nitrogen and oxygen atoms in total. The molecule has 34 heavy (non-hydrogen) atoms. The van der Waals surface area contributed by atoms with Gasteiger partial charge in [-0.2, -0.15) is 13.2 Å². The fourth-order valence-corrected chi connectivity index (χ4v) is 4.00. The highest BCUT2D eigenvalue weighted by molar-refractivity contribution is 8.00. The van der Waals surface area contributed by atoms with Crippen LogP contribution in [-0.4, -0.2) is 42.8 Å². The largest absolute Gasteiger partial charge is 0.446 e. The highest BCUT2D eigenvalue weighted by Gasteiger charge is 2.51. The summed E-state index contributed by atoms with van der Waals surface area (Å²) in [5.41, 5.74) is -4.02. The lowest BCUT2D eigenvalue weighted by Crippen LogP contribution is -2.43. The number of anilines is 3. The van der Waals surface area contributed by atoms with Crippen LogP contribution in [0.5, 0.6) is 0 Å². The SMILES string of the molecule is CC1(C)C(=O)N(c2ccc(SC(F)(F)F)cc2)C(=O)N1Cc1ccnc(Nc2cncnc2)c1. The molecule has 0 atom stereocenters. The average Bonchev–Trinajstić information content (AvgIpc) is 2.94. The lowest BCUT2D eigenvalue weighted by atomic mass is 10.0. The fourth-order valence-electron chi connectivity index (χ4n) is 3.46. The van der Waals surface area contributed by atoms with Gasteiger partial charge in [0.1, 0.15) is 17.7 Å². The van der Waals surface area contributed by atoms with Crippen molar-refractivity contribution in [1.82, 2.24) is 19.9 Å². The zero-order valence-electron chi connectivity index (χ0n) is 18.1. The number of hydrogen-bond donors (Lipinski definition) is 1. The molecule has 1 saturated heterocycles. The van der Waals surface area contributed by atoms with Gasteiger partial charge in [-0.1, -0.05) is 0 Å². The molecule has 176 valence electrons. The number of halogens is 3. The first-order chi connectivity index (χ1) is 16.0. The van der Waals surface area contributed by atoms with Crippen molar-refractivity contribution in [3.05, 3.63) is 66.9 Å². The van der Waals surface area contributed by atoms with Crippen LogP contribution in [0.25, 0.3) is 0 Å². The number of thioether (sulfide) groups is 1. The smallest absolute Gasteiger partial charge is 0.338 e. The van der Waals surface area contributed by atoms with Crippen LogP contribution in [0.15, 0.2) is 66.2 Å². The zero-order chi connectivity index (χ0) is 24.5. The number of carbonyl (C=O) groups is 2. The summed E-state index contributed by atoms with van der Waals surface area (Å²) in [6.45, 7) is 3.38. The van der Waals surface area contributed by atoms with Gasteiger partial charge in [-0.25, -0.2) is 24.6 Å². The summed E-state index contributed by atoms with van der Waals surface area (Å²) in [4.78, 5) is 40.8. The quantitative estimate of drug-likeness (QED) is 0.387. The van der Waals surface area contributed by atoms with Crippen molar-refractivity contribution in [2.45, 2.75) is 36.3 Å². The third-order valence-corrected chi connectivity index (χ3v) is 5.89. The molecule has 0 aliphatic carbocycles. The van der Waals surface area contributed by atoms with Gasteiger partial charge in [0.2, 0.25) is 0 Å². The number of imide groups is 1. The van der Waals surface area contributed by atoms with Crippen LogP contribution in [0.1, 0.15) is 19.4 Å². The Morgan fingerprint density at radius 1 is 1.06 bits per heavy atom. The van der Waals surface area contributed by atoms with Gasteiger partial charge >= 0.3 is 11.5 Å². The highest BCUT2D eigenvalue weighted by atomic mass is 32.2. The van der Waals surface area contributed by atoms with Gasteiger partial charge in [-0.05, 0) is 67.6 Å². The number of aromatic nitrogens is 3. The van der Waals surface area contributed by atoms with E-state index in [1.807, 2.05) is 0 Å². The first kappa shape index (κ1) is 23.5. The average molecular weight is 488 g/mol. The maximum Gasteiger partial charge on any atom is 0.446 e. The molecule has 2 aromatic heterocycles. The van der Waals surface area contributed by atoms with E-state index in [1.165, 1.54) is 35.5 Å². The van der Waals surface area contributed by atoms with Crippen molar-refractivity contribution in [2.75, 3.05) is 10.2 Å². The van der Waals surface area contributed by atoms with Crippen LogP contribution in [0.3, 0.4) is 0 Å². The Bertz CT molecular complexity index is 1210. The molecular weight excluding hydrogens is 469 g/mol. The van der Waals surface area contributed by atoms with Crippen LogP contribution in [-0.2, 0) is 11.3 Å². The van der Waals surface area contributed by atoms with Gasteiger partial charge in [-0.15, -0.1) is 0 Å². The Kier molecular flexibility index (Phi) is 6.17. The number of benzene rings is 1. The second-order valence-electron chi connectivity index (χ2n) is 7.91. The van der Waals surface area contributed by atoms with E-state index in [4.69, 9.17) is 0 Å². The minimum Gasteiger partial charge on any atom is -0.338 e. The summed E-state index contributed by atoms with van der Waals surface area (Å²) < 4.78 is 37.8. The van der Waals surface area contributed by atoms with Crippen molar-refractivity contribution < 1.29 is 22.8 Å². The van der Waals surface area contributed by atoms with Crippen molar-refractivity contribution in [2.24, 2.45) is 0 Å². The van der Waals surface area contributed by atoms with Gasteiger partial charge in [0.25, 0.3) is 5.91 Å². The second kappa shape index (κ2) is 8.93. The second-order valence-corrected chi connectivity index (χ2v) is 9.05. The monoisotopic (exact) mass is 488 g/mol. The van der Waals surface area contributed by atoms with Crippen molar-refractivity contribution in [1.29, 1.82) is 0 Å². The predicted molar refractivity (Wildman–Crippen MR) is 120 cm³/mol. The number of urea groups is 1. The van der Waals surface area contributed by atoms with Crippen LogP contribution in [0.4, 0.5) is 35.2 Å². The standard InChI is InChI=1S/C22H19F3N6O2S/c1-21(2)19(32)31(16-3-5-17(6-4-16)34-22(23,24)25)20(33)30(21)12-14-7-8-28-18(9-14)29-15-10-26-13-27-11-15/h3-11,13H,12H2,1-2H3,(H,28,29). The molecule has 1 fully saturated rings. The van der Waals surface area contributed by atoms with Crippen LogP contribution in [0, 0.1) is 0 Å². The van der Waals surface area contributed by atoms with E-state index >= 15 is 0 Å². The zero-order valence-corrected chi connectivity index (χ0v) is 18.9. The van der Waals surface area contributed by atoms with Crippen LogP contribution >= 0.6 is 11.8 Å². The molecule has 1 N–H and O–H groups in total. The molecular formula is C22H19F3N6O2S. The number of nitrogens with one attached hydrogen (secondary N) is 1. The Balaban J connectivity index is 1.54. The van der Waals surface area contributed by atoms with Crippen molar-refractivity contribution >= 4 is 40.9 Å². The summed E-state index contributed by atoms with van der Waals surface area (Å²) in [7, 11) is 0. The highest BCUT2D eigenvalue weighted by Crippen LogP contribution is 2.39. The fraction of sp³-hybridized carbons (Fsp3) is 0.227. The van der Waals surface area contributed by atoms with Gasteiger partial charge in [0.15, 0.2) is 0 Å². The molecule has 1 aromatic carbocycles. The lowest BCUT2D eigenvalue weighted by molar-refractivity contribution is -0.123. The minimum absolute atomic E-state index is 0.0351. The Morgan fingerprint density at radius 3 is 2.38 bits per heavy atom.